The van der Waals surface area contributed by atoms with Crippen LogP contribution in [0.4, 0.5) is 5.82 Å². The number of anilines is 1. The number of imidazole rings is 1. The third-order valence-corrected chi connectivity index (χ3v) is 4.63. The molecule has 1 aromatic heterocycles. The molecule has 1 fully saturated rings. The van der Waals surface area contributed by atoms with Crippen LogP contribution in [0.2, 0.25) is 0 Å². The molecule has 2 aliphatic heterocycles. The summed E-state index contributed by atoms with van der Waals surface area (Å²) in [6.07, 6.45) is 0.00206. The van der Waals surface area contributed by atoms with Gasteiger partial charge in [0.25, 0.3) is 0 Å². The largest absolute Gasteiger partial charge is 0.790 e. The molecule has 13 heteroatoms. The Kier molecular flexibility index (Phi) is 4.97. The maximum atomic E-state index is 10.6. The first-order chi connectivity index (χ1) is 11.7. The molecular weight excluding hydrogens is 355 g/mol. The summed E-state index contributed by atoms with van der Waals surface area (Å²) < 4.78 is 22.2. The van der Waals surface area contributed by atoms with Crippen LogP contribution in [0.5, 0.6) is 0 Å². The lowest BCUT2D eigenvalue weighted by Gasteiger charge is -2.30. The lowest BCUT2D eigenvalue weighted by atomic mass is 10.1. The third-order valence-electron chi connectivity index (χ3n) is 4.17. The maximum absolute atomic E-state index is 10.6. The monoisotopic (exact) mass is 375 g/mol. The van der Waals surface area contributed by atoms with Crippen LogP contribution in [-0.2, 0) is 13.8 Å². The molecule has 5 N–H and O–H groups in total. The number of nitrogens with zero attached hydrogens (tertiary/aromatic N) is 4. The molecule has 2 aliphatic rings. The van der Waals surface area contributed by atoms with Crippen LogP contribution in [0, 0.1) is 0 Å². The van der Waals surface area contributed by atoms with Gasteiger partial charge in [-0.1, -0.05) is 0 Å². The number of hydrogen-bond acceptors (Lipinski definition) is 10. The third kappa shape index (κ3) is 3.61. The Labute approximate surface area is 143 Å². The summed E-state index contributed by atoms with van der Waals surface area (Å²) in [6.45, 7) is -0.502. The number of rotatable bonds is 5. The first-order valence-corrected chi connectivity index (χ1v) is 8.99. The van der Waals surface area contributed by atoms with Crippen LogP contribution < -0.4 is 20.8 Å². The fourth-order valence-corrected chi connectivity index (χ4v) is 3.20. The number of phosphoric ester groups is 1. The molecule has 0 radical (unpaired) electrons. The number of aliphatic hydroxyl groups excluding tert-OH is 1. The molecule has 0 aliphatic carbocycles. The van der Waals surface area contributed by atoms with Crippen molar-refractivity contribution in [2.24, 2.45) is 4.99 Å². The van der Waals surface area contributed by atoms with Gasteiger partial charge in [-0.2, -0.15) is 0 Å². The molecule has 3 rings (SSSR count). The minimum atomic E-state index is -5.13. The molecule has 3 heterocycles. The van der Waals surface area contributed by atoms with E-state index in [1.807, 2.05) is 19.0 Å². The zero-order chi connectivity index (χ0) is 18.4. The summed E-state index contributed by atoms with van der Waals surface area (Å²) in [4.78, 5) is 31.8. The summed E-state index contributed by atoms with van der Waals surface area (Å²) in [5.74, 6) is 0.602. The van der Waals surface area contributed by atoms with Crippen molar-refractivity contribution >= 4 is 20.0 Å². The van der Waals surface area contributed by atoms with Crippen molar-refractivity contribution in [2.75, 3.05) is 26.0 Å². The van der Waals surface area contributed by atoms with Gasteiger partial charge in [0.1, 0.15) is 29.8 Å². The number of ether oxygens (including phenoxy) is 1. The van der Waals surface area contributed by atoms with Crippen LogP contribution in [-0.4, -0.2) is 64.8 Å². The van der Waals surface area contributed by atoms with Crippen molar-refractivity contribution < 1.29 is 34.5 Å². The minimum Gasteiger partial charge on any atom is -0.790 e. The number of aromatic nitrogens is 2. The highest BCUT2D eigenvalue weighted by Crippen LogP contribution is 2.36. The summed E-state index contributed by atoms with van der Waals surface area (Å²) >= 11 is 0. The quantitative estimate of drug-likeness (QED) is 0.443. The second kappa shape index (κ2) is 6.74. The molecular formula is C12H20N6O6P-. The average molecular weight is 375 g/mol. The SMILES string of the molecule is CN(C)C1N=CNc2c1ncn2[C@@H]1O[C@H](COP(=O)([O-])[O-])[C@@H]([NH3+])[C@H]1O. The van der Waals surface area contributed by atoms with Gasteiger partial charge in [0.2, 0.25) is 0 Å². The molecule has 5 atom stereocenters. The molecule has 1 saturated heterocycles. The maximum Gasteiger partial charge on any atom is 0.169 e. The predicted octanol–water partition coefficient (Wildman–Crippen LogP) is -3.39. The van der Waals surface area contributed by atoms with Gasteiger partial charge >= 0.3 is 0 Å². The molecule has 0 bridgehead atoms. The highest BCUT2D eigenvalue weighted by atomic mass is 31.2. The van der Waals surface area contributed by atoms with Gasteiger partial charge in [-0.25, -0.2) is 9.98 Å². The van der Waals surface area contributed by atoms with Crippen molar-refractivity contribution in [1.82, 2.24) is 14.5 Å². The average Bonchev–Trinajstić information content (AvgIpc) is 3.07. The molecule has 0 spiro atoms. The summed E-state index contributed by atoms with van der Waals surface area (Å²) in [5.41, 5.74) is 4.44. The van der Waals surface area contributed by atoms with Gasteiger partial charge in [0, 0.05) is 0 Å². The standard InChI is InChI=1S/C12H21N6O6P/c1-17(2)10-8-11(15-4-14-10)18(5-16-8)12-9(19)7(13)6(24-12)3-23-25(20,21)22/h4-7,9-10,12,19H,3,13H2,1-2H3,(H,14,15)(H2,20,21,22)/p-1/t6-,7-,9-,10?,12-/m1/s1. The molecule has 140 valence electrons. The van der Waals surface area contributed by atoms with Gasteiger partial charge in [0.15, 0.2) is 12.3 Å². The van der Waals surface area contributed by atoms with E-state index in [1.165, 1.54) is 12.7 Å². The van der Waals surface area contributed by atoms with Gasteiger partial charge in [-0.3, -0.25) is 9.47 Å². The van der Waals surface area contributed by atoms with Crippen molar-refractivity contribution in [3.63, 3.8) is 0 Å². The lowest BCUT2D eigenvalue weighted by Crippen LogP contribution is -2.69. The van der Waals surface area contributed by atoms with E-state index in [0.717, 1.165) is 0 Å². The molecule has 0 amide bonds. The molecule has 12 nitrogen and oxygen atoms in total. The van der Waals surface area contributed by atoms with E-state index in [0.29, 0.717) is 11.5 Å². The van der Waals surface area contributed by atoms with E-state index >= 15 is 0 Å². The van der Waals surface area contributed by atoms with Crippen molar-refractivity contribution in [2.45, 2.75) is 30.6 Å². The Morgan fingerprint density at radius 2 is 2.28 bits per heavy atom. The Balaban J connectivity index is 1.80. The fourth-order valence-electron chi connectivity index (χ4n) is 2.87. The predicted molar refractivity (Wildman–Crippen MR) is 80.9 cm³/mol. The van der Waals surface area contributed by atoms with Crippen LogP contribution in [0.1, 0.15) is 18.1 Å². The van der Waals surface area contributed by atoms with E-state index < -0.39 is 38.9 Å². The molecule has 25 heavy (non-hydrogen) atoms. The Morgan fingerprint density at radius 1 is 1.56 bits per heavy atom. The van der Waals surface area contributed by atoms with E-state index in [9.17, 15) is 19.5 Å². The highest BCUT2D eigenvalue weighted by molar-refractivity contribution is 7.43. The van der Waals surface area contributed by atoms with E-state index in [2.05, 4.69) is 25.6 Å². The van der Waals surface area contributed by atoms with E-state index in [4.69, 9.17) is 4.74 Å². The van der Waals surface area contributed by atoms with Gasteiger partial charge in [-0.15, -0.1) is 0 Å². The topological polar surface area (TPSA) is 175 Å². The molecule has 1 aromatic rings. The number of aliphatic imine (C=N–C) groups is 1. The molecule has 1 unspecified atom stereocenters. The number of quaternary nitrogens is 1. The smallest absolute Gasteiger partial charge is 0.169 e. The normalized spacial score (nSPS) is 32.0. The minimum absolute atomic E-state index is 0.280. The van der Waals surface area contributed by atoms with Crippen LogP contribution in [0.3, 0.4) is 0 Å². The first-order valence-electron chi connectivity index (χ1n) is 7.53. The lowest BCUT2D eigenvalue weighted by molar-refractivity contribution is -0.441. The molecule has 0 aromatic carbocycles. The van der Waals surface area contributed by atoms with Crippen molar-refractivity contribution in [3.8, 4) is 0 Å². The zero-order valence-corrected chi connectivity index (χ0v) is 14.6. The van der Waals surface area contributed by atoms with Gasteiger partial charge in [-0.05, 0) is 14.1 Å². The first kappa shape index (κ1) is 18.4. The number of fused-ring (bicyclic) bond motifs is 1. The number of phosphoric acid groups is 1. The van der Waals surface area contributed by atoms with Crippen molar-refractivity contribution in [3.05, 3.63) is 12.0 Å². The van der Waals surface area contributed by atoms with Crippen LogP contribution in [0.25, 0.3) is 0 Å². The second-order valence-corrected chi connectivity index (χ2v) is 7.26. The van der Waals surface area contributed by atoms with E-state index in [1.54, 1.807) is 4.57 Å². The second-order valence-electron chi connectivity index (χ2n) is 6.11. The Bertz CT molecular complexity index is 704. The number of aliphatic hydroxyl groups is 1. The van der Waals surface area contributed by atoms with Gasteiger partial charge in [0.05, 0.1) is 27.1 Å². The zero-order valence-electron chi connectivity index (χ0n) is 13.7. The summed E-state index contributed by atoms with van der Waals surface area (Å²) in [6, 6.07) is -0.684. The number of hydrogen-bond donors (Lipinski definition) is 3. The van der Waals surface area contributed by atoms with Crippen LogP contribution >= 0.6 is 7.82 Å². The Morgan fingerprint density at radius 3 is 2.92 bits per heavy atom. The summed E-state index contributed by atoms with van der Waals surface area (Å²) in [5, 5.41) is 13.4. The highest BCUT2D eigenvalue weighted by Gasteiger charge is 2.46. The Hall–Kier alpha value is -1.37. The molecule has 0 saturated carbocycles. The van der Waals surface area contributed by atoms with Crippen molar-refractivity contribution in [1.29, 1.82) is 0 Å². The summed E-state index contributed by atoms with van der Waals surface area (Å²) in [7, 11) is -1.40. The van der Waals surface area contributed by atoms with E-state index in [-0.39, 0.29) is 6.17 Å². The van der Waals surface area contributed by atoms with Crippen LogP contribution in [0.15, 0.2) is 11.3 Å². The van der Waals surface area contributed by atoms with Gasteiger partial charge < -0.3 is 39.8 Å². The fraction of sp³-hybridized carbons (Fsp3) is 0.667. The number of nitrogens with one attached hydrogen (secondary N) is 1.